The minimum absolute atomic E-state index is 0.0377. The highest BCUT2D eigenvalue weighted by Gasteiger charge is 2.48. The standard InChI is InChI=1S/C20H32N2O9S/c23-15(14-8-6-4-2-1-3-5-7-9-14)10-11-17(24)21-13-19(26)31-22-18(25)12-16(20(22)27)32(28,29)30/h14,16,18,25H,1-13H2,(H,21,24)(H,28,29,30). The van der Waals surface area contributed by atoms with Gasteiger partial charge in [0, 0.05) is 25.2 Å². The SMILES string of the molecule is O=C(CCC(=O)C1CCCCCCCCC1)NCC(=O)ON1C(=O)C(S(=O)(=O)O)CC1O. The Hall–Kier alpha value is -2.05. The highest BCUT2D eigenvalue weighted by atomic mass is 32.2. The second-order valence-corrected chi connectivity index (χ2v) is 9.94. The normalized spacial score (nSPS) is 23.6. The molecule has 0 radical (unpaired) electrons. The highest BCUT2D eigenvalue weighted by Crippen LogP contribution is 2.24. The number of carbonyl (C=O) groups is 4. The smallest absolute Gasteiger partial charge is 0.351 e. The highest BCUT2D eigenvalue weighted by molar-refractivity contribution is 7.87. The molecule has 0 aromatic rings. The minimum Gasteiger partial charge on any atom is -0.370 e. The Kier molecular flexibility index (Phi) is 10.0. The molecule has 2 rings (SSSR count). The van der Waals surface area contributed by atoms with E-state index in [2.05, 4.69) is 10.2 Å². The van der Waals surface area contributed by atoms with Gasteiger partial charge in [-0.3, -0.25) is 18.9 Å². The second-order valence-electron chi connectivity index (χ2n) is 8.34. The Morgan fingerprint density at radius 1 is 1.00 bits per heavy atom. The lowest BCUT2D eigenvalue weighted by molar-refractivity contribution is -0.219. The van der Waals surface area contributed by atoms with Crippen LogP contribution >= 0.6 is 0 Å². The van der Waals surface area contributed by atoms with Crippen molar-refractivity contribution in [2.24, 2.45) is 5.92 Å². The van der Waals surface area contributed by atoms with Crippen LogP contribution < -0.4 is 5.32 Å². The summed E-state index contributed by atoms with van der Waals surface area (Å²) in [4.78, 5) is 52.8. The molecule has 1 aliphatic heterocycles. The first kappa shape index (κ1) is 26.2. The number of carbonyl (C=O) groups excluding carboxylic acids is 4. The summed E-state index contributed by atoms with van der Waals surface area (Å²) in [5.41, 5.74) is 0. The van der Waals surface area contributed by atoms with Crippen molar-refractivity contribution in [2.75, 3.05) is 6.54 Å². The molecule has 0 spiro atoms. The molecule has 3 N–H and O–H groups in total. The monoisotopic (exact) mass is 476 g/mol. The molecule has 1 saturated heterocycles. The fourth-order valence-corrected chi connectivity index (χ4v) is 4.78. The molecule has 11 nitrogen and oxygen atoms in total. The Morgan fingerprint density at radius 2 is 1.56 bits per heavy atom. The summed E-state index contributed by atoms with van der Waals surface area (Å²) in [6.07, 6.45) is 7.15. The molecule has 2 aliphatic rings. The van der Waals surface area contributed by atoms with Gasteiger partial charge in [-0.05, 0) is 12.8 Å². The second kappa shape index (κ2) is 12.3. The van der Waals surface area contributed by atoms with E-state index in [1.54, 1.807) is 0 Å². The quantitative estimate of drug-likeness (QED) is 0.430. The first-order valence-electron chi connectivity index (χ1n) is 11.1. The predicted octanol–water partition coefficient (Wildman–Crippen LogP) is 0.858. The van der Waals surface area contributed by atoms with Gasteiger partial charge in [-0.15, -0.1) is 5.06 Å². The topological polar surface area (TPSA) is 167 Å². The number of rotatable bonds is 8. The van der Waals surface area contributed by atoms with Crippen LogP contribution in [-0.2, 0) is 34.1 Å². The van der Waals surface area contributed by atoms with Gasteiger partial charge in [0.05, 0.1) is 0 Å². The van der Waals surface area contributed by atoms with Gasteiger partial charge < -0.3 is 15.3 Å². The van der Waals surface area contributed by atoms with Crippen molar-refractivity contribution >= 4 is 33.7 Å². The molecule has 0 aromatic carbocycles. The third kappa shape index (κ3) is 8.14. The zero-order valence-electron chi connectivity index (χ0n) is 18.0. The van der Waals surface area contributed by atoms with Gasteiger partial charge in [0.15, 0.2) is 11.5 Å². The van der Waals surface area contributed by atoms with Crippen LogP contribution in [0.3, 0.4) is 0 Å². The first-order valence-corrected chi connectivity index (χ1v) is 12.6. The molecule has 182 valence electrons. The molecule has 12 heteroatoms. The molecular weight excluding hydrogens is 444 g/mol. The molecule has 0 aromatic heterocycles. The molecule has 32 heavy (non-hydrogen) atoms. The molecule has 2 amide bonds. The van der Waals surface area contributed by atoms with E-state index in [9.17, 15) is 32.7 Å². The number of hydroxylamine groups is 2. The fraction of sp³-hybridized carbons (Fsp3) is 0.800. The fourth-order valence-electron chi connectivity index (χ4n) is 4.01. The van der Waals surface area contributed by atoms with Crippen LogP contribution in [0.25, 0.3) is 0 Å². The molecule has 1 heterocycles. The zero-order valence-corrected chi connectivity index (χ0v) is 18.8. The lowest BCUT2D eigenvalue weighted by Crippen LogP contribution is -2.41. The van der Waals surface area contributed by atoms with Gasteiger partial charge in [0.2, 0.25) is 5.91 Å². The van der Waals surface area contributed by atoms with Gasteiger partial charge in [0.25, 0.3) is 16.0 Å². The van der Waals surface area contributed by atoms with E-state index in [4.69, 9.17) is 4.55 Å². The molecule has 1 aliphatic carbocycles. The van der Waals surface area contributed by atoms with Gasteiger partial charge in [-0.2, -0.15) is 8.42 Å². The van der Waals surface area contributed by atoms with Crippen LogP contribution in [0.5, 0.6) is 0 Å². The van der Waals surface area contributed by atoms with Crippen molar-refractivity contribution in [3.63, 3.8) is 0 Å². The number of hydrogen-bond acceptors (Lipinski definition) is 8. The van der Waals surface area contributed by atoms with Gasteiger partial charge in [0.1, 0.15) is 12.3 Å². The Balaban J connectivity index is 1.72. The van der Waals surface area contributed by atoms with Crippen molar-refractivity contribution in [3.05, 3.63) is 0 Å². The van der Waals surface area contributed by atoms with E-state index in [1.165, 1.54) is 19.3 Å². The van der Waals surface area contributed by atoms with Crippen molar-refractivity contribution in [1.82, 2.24) is 10.4 Å². The molecule has 2 atom stereocenters. The van der Waals surface area contributed by atoms with Gasteiger partial charge in [-0.1, -0.05) is 44.9 Å². The summed E-state index contributed by atoms with van der Waals surface area (Å²) >= 11 is 0. The largest absolute Gasteiger partial charge is 0.370 e. The maximum Gasteiger partial charge on any atom is 0.351 e. The Morgan fingerprint density at radius 3 is 2.09 bits per heavy atom. The average Bonchev–Trinajstić information content (AvgIpc) is 3.02. The van der Waals surface area contributed by atoms with Crippen molar-refractivity contribution in [2.45, 2.75) is 88.5 Å². The third-order valence-electron chi connectivity index (χ3n) is 5.84. The number of hydrogen-bond donors (Lipinski definition) is 3. The minimum atomic E-state index is -4.76. The van der Waals surface area contributed by atoms with Crippen molar-refractivity contribution in [3.8, 4) is 0 Å². The maximum atomic E-state index is 12.5. The number of nitrogens with one attached hydrogen (secondary N) is 1. The summed E-state index contributed by atoms with van der Waals surface area (Å²) in [6, 6.07) is 0. The van der Waals surface area contributed by atoms with E-state index < -0.39 is 52.3 Å². The summed E-state index contributed by atoms with van der Waals surface area (Å²) in [5, 5.41) is 10.2. The third-order valence-corrected chi connectivity index (χ3v) is 6.95. The summed E-state index contributed by atoms with van der Waals surface area (Å²) in [6.45, 7) is -0.635. The zero-order chi connectivity index (χ0) is 23.7. The van der Waals surface area contributed by atoms with Crippen molar-refractivity contribution < 1.29 is 42.1 Å². The van der Waals surface area contributed by atoms with E-state index in [-0.39, 0.29) is 29.6 Å². The molecule has 2 fully saturated rings. The van der Waals surface area contributed by atoms with Gasteiger partial charge >= 0.3 is 5.97 Å². The predicted molar refractivity (Wildman–Crippen MR) is 111 cm³/mol. The van der Waals surface area contributed by atoms with Crippen molar-refractivity contribution in [1.29, 1.82) is 0 Å². The van der Waals surface area contributed by atoms with Gasteiger partial charge in [-0.25, -0.2) is 4.79 Å². The number of aliphatic hydroxyl groups excluding tert-OH is 1. The van der Waals surface area contributed by atoms with E-state index in [0.717, 1.165) is 38.5 Å². The number of aliphatic hydroxyl groups is 1. The number of ketones is 1. The molecule has 0 bridgehead atoms. The first-order chi connectivity index (χ1) is 15.1. The number of amides is 2. The van der Waals surface area contributed by atoms with E-state index in [1.807, 2.05) is 0 Å². The summed E-state index contributed by atoms with van der Waals surface area (Å²) in [7, 11) is -4.76. The molecule has 1 saturated carbocycles. The Labute approximate surface area is 187 Å². The van der Waals surface area contributed by atoms with Crippen LogP contribution in [0, 0.1) is 5.92 Å². The molecule has 2 unspecified atom stereocenters. The average molecular weight is 477 g/mol. The van der Waals surface area contributed by atoms with Crippen LogP contribution in [0.1, 0.15) is 77.0 Å². The van der Waals surface area contributed by atoms with Crippen LogP contribution in [0.15, 0.2) is 0 Å². The summed E-state index contributed by atoms with van der Waals surface area (Å²) in [5.74, 6) is -2.93. The van der Waals surface area contributed by atoms with E-state index >= 15 is 0 Å². The lowest BCUT2D eigenvalue weighted by Gasteiger charge is -2.19. The Bertz CT molecular complexity index is 789. The molecular formula is C20H32N2O9S. The van der Waals surface area contributed by atoms with Crippen LogP contribution in [0.2, 0.25) is 0 Å². The van der Waals surface area contributed by atoms with Crippen LogP contribution in [0.4, 0.5) is 0 Å². The summed E-state index contributed by atoms with van der Waals surface area (Å²) < 4.78 is 31.2. The number of nitrogens with zero attached hydrogens (tertiary/aromatic N) is 1. The maximum absolute atomic E-state index is 12.5. The lowest BCUT2D eigenvalue weighted by atomic mass is 9.87. The van der Waals surface area contributed by atoms with E-state index in [0.29, 0.717) is 0 Å². The van der Waals surface area contributed by atoms with Crippen LogP contribution in [-0.4, -0.2) is 64.7 Å². The number of Topliss-reactive ketones (excluding diaryl/α,β-unsaturated/α-hetero) is 1.